The van der Waals surface area contributed by atoms with Gasteiger partial charge in [0.05, 0.1) is 5.75 Å². The van der Waals surface area contributed by atoms with Gasteiger partial charge >= 0.3 is 5.97 Å². The molecule has 0 spiro atoms. The molecule has 2 rings (SSSR count). The molecule has 0 radical (unpaired) electrons. The lowest BCUT2D eigenvalue weighted by molar-refractivity contribution is -0.133. The lowest BCUT2D eigenvalue weighted by atomic mass is 10.4. The number of carboxylic acids is 1. The van der Waals surface area contributed by atoms with E-state index in [2.05, 4.69) is 20.9 Å². The van der Waals surface area contributed by atoms with E-state index >= 15 is 0 Å². The van der Waals surface area contributed by atoms with Crippen molar-refractivity contribution in [3.8, 4) is 11.5 Å². The minimum Gasteiger partial charge on any atom is -0.481 e. The molecule has 4 nitrogen and oxygen atoms in total. The predicted molar refractivity (Wildman–Crippen MR) is 65.9 cm³/mol. The van der Waals surface area contributed by atoms with Crippen molar-refractivity contribution >= 4 is 45.0 Å². The molecular weight excluding hydrogens is 314 g/mol. The minimum atomic E-state index is -0.845. The van der Waals surface area contributed by atoms with E-state index in [-0.39, 0.29) is 5.75 Å². The maximum atomic E-state index is 10.4. The minimum absolute atomic E-state index is 0.0226. The second-order valence-corrected chi connectivity index (χ2v) is 5.65. The number of halogens is 1. The average molecular weight is 320 g/mol. The Bertz CT molecular complexity index is 508. The number of carbonyl (C=O) groups is 1. The summed E-state index contributed by atoms with van der Waals surface area (Å²) >= 11 is 5.83. The zero-order valence-electron chi connectivity index (χ0n) is 7.84. The van der Waals surface area contributed by atoms with Gasteiger partial charge in [-0.25, -0.2) is 4.98 Å². The lowest BCUT2D eigenvalue weighted by Crippen LogP contribution is -1.96. The summed E-state index contributed by atoms with van der Waals surface area (Å²) in [5, 5.41) is 10.4. The Labute approximate surface area is 108 Å². The first-order valence-electron chi connectivity index (χ1n) is 4.21. The number of carboxylic acid groups (broad SMARTS) is 1. The SMILES string of the molecule is O=C(O)CSc1nc(-c2ccc(Br)o2)cs1. The van der Waals surface area contributed by atoms with Gasteiger partial charge in [0, 0.05) is 5.38 Å². The van der Waals surface area contributed by atoms with Crippen LogP contribution in [0.4, 0.5) is 0 Å². The summed E-state index contributed by atoms with van der Waals surface area (Å²) in [6.45, 7) is 0. The number of hydrogen-bond donors (Lipinski definition) is 1. The van der Waals surface area contributed by atoms with E-state index < -0.39 is 5.97 Å². The van der Waals surface area contributed by atoms with Gasteiger partial charge in [0.25, 0.3) is 0 Å². The fraction of sp³-hybridized carbons (Fsp3) is 0.111. The van der Waals surface area contributed by atoms with Crippen LogP contribution in [0.15, 0.2) is 30.9 Å². The van der Waals surface area contributed by atoms with Crippen molar-refractivity contribution < 1.29 is 14.3 Å². The number of aromatic nitrogens is 1. The Morgan fingerprint density at radius 1 is 1.62 bits per heavy atom. The Morgan fingerprint density at radius 2 is 2.44 bits per heavy atom. The first-order chi connectivity index (χ1) is 7.65. The quantitative estimate of drug-likeness (QED) is 0.875. The van der Waals surface area contributed by atoms with Gasteiger partial charge in [0.2, 0.25) is 0 Å². The number of hydrogen-bond acceptors (Lipinski definition) is 5. The number of aliphatic carboxylic acids is 1. The van der Waals surface area contributed by atoms with E-state index in [4.69, 9.17) is 9.52 Å². The molecule has 0 amide bonds. The molecule has 0 saturated carbocycles. The standard InChI is InChI=1S/C9H6BrNO3S2/c10-7-2-1-6(14-7)5-3-15-9(11-5)16-4-8(12)13/h1-3H,4H2,(H,12,13). The Hall–Kier alpha value is -0.790. The molecule has 2 heterocycles. The molecule has 0 saturated heterocycles. The van der Waals surface area contributed by atoms with E-state index in [1.807, 2.05) is 11.4 Å². The van der Waals surface area contributed by atoms with Crippen LogP contribution in [-0.2, 0) is 4.79 Å². The van der Waals surface area contributed by atoms with Gasteiger partial charge in [-0.3, -0.25) is 4.79 Å². The number of thiazole rings is 1. The van der Waals surface area contributed by atoms with E-state index in [1.54, 1.807) is 6.07 Å². The number of nitrogens with zero attached hydrogens (tertiary/aromatic N) is 1. The highest BCUT2D eigenvalue weighted by Gasteiger charge is 2.09. The molecule has 0 fully saturated rings. The third kappa shape index (κ3) is 2.87. The van der Waals surface area contributed by atoms with Crippen molar-refractivity contribution in [2.24, 2.45) is 0 Å². The molecule has 0 atom stereocenters. The fourth-order valence-electron chi connectivity index (χ4n) is 1.01. The van der Waals surface area contributed by atoms with E-state index in [9.17, 15) is 4.79 Å². The maximum absolute atomic E-state index is 10.4. The van der Waals surface area contributed by atoms with Crippen LogP contribution >= 0.6 is 39.0 Å². The normalized spacial score (nSPS) is 10.6. The van der Waals surface area contributed by atoms with Crippen LogP contribution in [-0.4, -0.2) is 21.8 Å². The van der Waals surface area contributed by atoms with E-state index in [1.165, 1.54) is 23.1 Å². The molecule has 0 aromatic carbocycles. The van der Waals surface area contributed by atoms with Gasteiger partial charge in [-0.05, 0) is 28.1 Å². The molecule has 0 unspecified atom stereocenters. The van der Waals surface area contributed by atoms with Gasteiger partial charge in [0.1, 0.15) is 5.69 Å². The number of thioether (sulfide) groups is 1. The zero-order valence-corrected chi connectivity index (χ0v) is 11.1. The molecular formula is C9H6BrNO3S2. The van der Waals surface area contributed by atoms with Gasteiger partial charge < -0.3 is 9.52 Å². The Kier molecular flexibility index (Phi) is 3.67. The molecule has 7 heteroatoms. The zero-order chi connectivity index (χ0) is 11.5. The van der Waals surface area contributed by atoms with E-state index in [0.29, 0.717) is 10.4 Å². The van der Waals surface area contributed by atoms with Crippen LogP contribution < -0.4 is 0 Å². The van der Waals surface area contributed by atoms with Gasteiger partial charge in [-0.2, -0.15) is 0 Å². The van der Waals surface area contributed by atoms with Crippen LogP contribution in [0, 0.1) is 0 Å². The summed E-state index contributed by atoms with van der Waals surface area (Å²) in [6, 6.07) is 3.60. The second kappa shape index (κ2) is 5.03. The van der Waals surface area contributed by atoms with Crippen molar-refractivity contribution in [3.05, 3.63) is 22.2 Å². The molecule has 2 aromatic heterocycles. The van der Waals surface area contributed by atoms with E-state index in [0.717, 1.165) is 10.0 Å². The van der Waals surface area contributed by atoms with Crippen LogP contribution in [0.2, 0.25) is 0 Å². The highest BCUT2D eigenvalue weighted by atomic mass is 79.9. The molecule has 0 aliphatic rings. The first kappa shape index (κ1) is 11.7. The Balaban J connectivity index is 2.10. The summed E-state index contributed by atoms with van der Waals surface area (Å²) in [4.78, 5) is 14.7. The summed E-state index contributed by atoms with van der Waals surface area (Å²) < 4.78 is 6.72. The molecule has 1 N–H and O–H groups in total. The van der Waals surface area contributed by atoms with Crippen molar-refractivity contribution in [1.82, 2.24) is 4.98 Å². The highest BCUT2D eigenvalue weighted by Crippen LogP contribution is 2.30. The fourth-order valence-corrected chi connectivity index (χ4v) is 2.85. The molecule has 0 bridgehead atoms. The third-order valence-electron chi connectivity index (χ3n) is 1.63. The molecule has 0 aliphatic carbocycles. The predicted octanol–water partition coefficient (Wildman–Crippen LogP) is 3.34. The Morgan fingerprint density at radius 3 is 3.06 bits per heavy atom. The summed E-state index contributed by atoms with van der Waals surface area (Å²) in [6.07, 6.45) is 0. The van der Waals surface area contributed by atoms with Gasteiger partial charge in [-0.1, -0.05) is 11.8 Å². The molecule has 16 heavy (non-hydrogen) atoms. The largest absolute Gasteiger partial charge is 0.481 e. The monoisotopic (exact) mass is 319 g/mol. The van der Waals surface area contributed by atoms with Crippen molar-refractivity contribution in [3.63, 3.8) is 0 Å². The third-order valence-corrected chi connectivity index (χ3v) is 4.06. The molecule has 2 aromatic rings. The highest BCUT2D eigenvalue weighted by molar-refractivity contribution is 9.10. The molecule has 84 valence electrons. The maximum Gasteiger partial charge on any atom is 0.313 e. The van der Waals surface area contributed by atoms with Crippen molar-refractivity contribution in [1.29, 1.82) is 0 Å². The average Bonchev–Trinajstić information content (AvgIpc) is 2.83. The first-order valence-corrected chi connectivity index (χ1v) is 6.87. The van der Waals surface area contributed by atoms with Crippen molar-refractivity contribution in [2.75, 3.05) is 5.75 Å². The van der Waals surface area contributed by atoms with Crippen LogP contribution in [0.5, 0.6) is 0 Å². The topological polar surface area (TPSA) is 63.3 Å². The molecule has 0 aliphatic heterocycles. The number of furan rings is 1. The van der Waals surface area contributed by atoms with Crippen LogP contribution in [0.3, 0.4) is 0 Å². The smallest absolute Gasteiger partial charge is 0.313 e. The van der Waals surface area contributed by atoms with Crippen LogP contribution in [0.25, 0.3) is 11.5 Å². The van der Waals surface area contributed by atoms with Gasteiger partial charge in [0.15, 0.2) is 14.8 Å². The lowest BCUT2D eigenvalue weighted by Gasteiger charge is -1.90. The summed E-state index contributed by atoms with van der Waals surface area (Å²) in [7, 11) is 0. The van der Waals surface area contributed by atoms with Crippen LogP contribution in [0.1, 0.15) is 0 Å². The number of rotatable bonds is 4. The second-order valence-electron chi connectivity index (χ2n) is 2.78. The van der Waals surface area contributed by atoms with Crippen molar-refractivity contribution in [2.45, 2.75) is 4.34 Å². The summed E-state index contributed by atoms with van der Waals surface area (Å²) in [5.41, 5.74) is 0.726. The van der Waals surface area contributed by atoms with Gasteiger partial charge in [-0.15, -0.1) is 11.3 Å². The summed E-state index contributed by atoms with van der Waals surface area (Å²) in [5.74, 6) is -0.151.